The van der Waals surface area contributed by atoms with Gasteiger partial charge in [0.1, 0.15) is 0 Å². The molecule has 1 unspecified atom stereocenters. The number of nitrogens with zero attached hydrogens (tertiary/aromatic N) is 4. The predicted molar refractivity (Wildman–Crippen MR) is 119 cm³/mol. The number of likely N-dealkylation sites (N-methyl/N-ethyl adjacent to an activating group) is 1. The lowest BCUT2D eigenvalue weighted by Crippen LogP contribution is -2.39. The summed E-state index contributed by atoms with van der Waals surface area (Å²) in [4.78, 5) is 6.89. The van der Waals surface area contributed by atoms with Gasteiger partial charge in [-0.25, -0.2) is 0 Å². The molecule has 1 rings (SSSR count). The fraction of sp³-hybridized carbons (Fsp3) is 0.778. The van der Waals surface area contributed by atoms with Crippen molar-refractivity contribution in [3.63, 3.8) is 0 Å². The molecular weight excluding hydrogens is 443 g/mol. The number of hydrogen-bond acceptors (Lipinski definition) is 4. The van der Waals surface area contributed by atoms with Crippen molar-refractivity contribution in [3.8, 4) is 0 Å². The normalized spacial score (nSPS) is 13.0. The molecule has 8 heteroatoms. The first-order chi connectivity index (χ1) is 11.9. The van der Waals surface area contributed by atoms with Crippen LogP contribution < -0.4 is 10.6 Å². The summed E-state index contributed by atoms with van der Waals surface area (Å²) in [5.41, 5.74) is 1.17. The van der Waals surface area contributed by atoms with Crippen LogP contribution in [0.15, 0.2) is 17.4 Å². The molecular formula is C18H37IN6O. The summed E-state index contributed by atoms with van der Waals surface area (Å²) in [5, 5.41) is 10.9. The first-order valence-corrected chi connectivity index (χ1v) is 9.18. The first-order valence-electron chi connectivity index (χ1n) is 9.18. The molecule has 0 spiro atoms. The van der Waals surface area contributed by atoms with E-state index in [0.29, 0.717) is 19.1 Å². The number of hydrogen-bond donors (Lipinski definition) is 2. The molecule has 0 saturated carbocycles. The van der Waals surface area contributed by atoms with Crippen LogP contribution in [0.25, 0.3) is 0 Å². The van der Waals surface area contributed by atoms with Crippen LogP contribution in [0.4, 0.5) is 0 Å². The van der Waals surface area contributed by atoms with Gasteiger partial charge in [-0.15, -0.1) is 24.0 Å². The number of rotatable bonds is 11. The maximum absolute atomic E-state index is 5.64. The van der Waals surface area contributed by atoms with E-state index < -0.39 is 0 Å². The Hall–Kier alpha value is -0.870. The van der Waals surface area contributed by atoms with Crippen LogP contribution in [0, 0.1) is 5.92 Å². The van der Waals surface area contributed by atoms with E-state index in [9.17, 15) is 0 Å². The molecule has 152 valence electrons. The highest BCUT2D eigenvalue weighted by Gasteiger charge is 2.15. The van der Waals surface area contributed by atoms with Gasteiger partial charge in [0.2, 0.25) is 0 Å². The molecule has 0 bridgehead atoms. The number of aromatic nitrogens is 2. The number of ether oxygens (including phenoxy) is 1. The Balaban J connectivity index is 0.00000625. The quantitative estimate of drug-likeness (QED) is 0.220. The van der Waals surface area contributed by atoms with Gasteiger partial charge in [0.25, 0.3) is 0 Å². The highest BCUT2D eigenvalue weighted by atomic mass is 127. The highest BCUT2D eigenvalue weighted by Crippen LogP contribution is 2.17. The van der Waals surface area contributed by atoms with Crippen LogP contribution >= 0.6 is 24.0 Å². The van der Waals surface area contributed by atoms with E-state index >= 15 is 0 Å². The Labute approximate surface area is 176 Å². The van der Waals surface area contributed by atoms with Gasteiger partial charge >= 0.3 is 0 Å². The van der Waals surface area contributed by atoms with Crippen LogP contribution in [-0.4, -0.2) is 67.6 Å². The van der Waals surface area contributed by atoms with E-state index in [1.807, 2.05) is 24.1 Å². The van der Waals surface area contributed by atoms with Gasteiger partial charge in [-0.3, -0.25) is 9.67 Å². The van der Waals surface area contributed by atoms with Crippen molar-refractivity contribution in [3.05, 3.63) is 18.0 Å². The van der Waals surface area contributed by atoms with E-state index in [4.69, 9.17) is 9.73 Å². The van der Waals surface area contributed by atoms with E-state index in [1.54, 1.807) is 0 Å². The summed E-state index contributed by atoms with van der Waals surface area (Å²) < 4.78 is 7.47. The Morgan fingerprint density at radius 3 is 2.58 bits per heavy atom. The molecule has 0 aliphatic rings. The zero-order valence-electron chi connectivity index (χ0n) is 17.2. The Morgan fingerprint density at radius 1 is 1.31 bits per heavy atom. The molecule has 1 aromatic rings. The van der Waals surface area contributed by atoms with Crippen molar-refractivity contribution in [2.24, 2.45) is 18.0 Å². The third-order valence-corrected chi connectivity index (χ3v) is 3.88. The van der Waals surface area contributed by atoms with Gasteiger partial charge in [0, 0.05) is 38.5 Å². The van der Waals surface area contributed by atoms with Gasteiger partial charge in [0.05, 0.1) is 25.4 Å². The SMILES string of the molecule is CCNC(=NCC(c1cnn(C)c1)N(C)C)NCCOCCC(C)C.I. The largest absolute Gasteiger partial charge is 0.380 e. The van der Waals surface area contributed by atoms with Crippen molar-refractivity contribution in [1.82, 2.24) is 25.3 Å². The molecule has 0 saturated heterocycles. The zero-order valence-corrected chi connectivity index (χ0v) is 19.5. The molecule has 0 aliphatic heterocycles. The van der Waals surface area contributed by atoms with Crippen LogP contribution in [0.5, 0.6) is 0 Å². The van der Waals surface area contributed by atoms with Gasteiger partial charge in [-0.05, 0) is 33.4 Å². The summed E-state index contributed by atoms with van der Waals surface area (Å²) in [6.45, 7) is 10.3. The first kappa shape index (κ1) is 25.1. The van der Waals surface area contributed by atoms with Crippen LogP contribution in [0.3, 0.4) is 0 Å². The topological polar surface area (TPSA) is 66.7 Å². The van der Waals surface area contributed by atoms with Crippen molar-refractivity contribution in [1.29, 1.82) is 0 Å². The third-order valence-electron chi connectivity index (χ3n) is 3.88. The van der Waals surface area contributed by atoms with E-state index in [-0.39, 0.29) is 30.0 Å². The fourth-order valence-corrected chi connectivity index (χ4v) is 2.36. The predicted octanol–water partition coefficient (Wildman–Crippen LogP) is 2.26. The monoisotopic (exact) mass is 480 g/mol. The third kappa shape index (κ3) is 10.3. The lowest BCUT2D eigenvalue weighted by Gasteiger charge is -2.22. The van der Waals surface area contributed by atoms with Crippen molar-refractivity contribution < 1.29 is 4.74 Å². The number of aryl methyl sites for hydroxylation is 1. The molecule has 1 heterocycles. The van der Waals surface area contributed by atoms with E-state index in [1.165, 1.54) is 5.56 Å². The van der Waals surface area contributed by atoms with Crippen molar-refractivity contribution in [2.75, 3.05) is 46.9 Å². The number of nitrogens with one attached hydrogen (secondary N) is 2. The number of guanidine groups is 1. The van der Waals surface area contributed by atoms with Crippen LogP contribution in [-0.2, 0) is 11.8 Å². The average molecular weight is 480 g/mol. The second-order valence-corrected chi connectivity index (χ2v) is 6.87. The number of halogens is 1. The zero-order chi connectivity index (χ0) is 18.7. The summed E-state index contributed by atoms with van der Waals surface area (Å²) in [6.07, 6.45) is 5.05. The maximum Gasteiger partial charge on any atom is 0.191 e. The molecule has 0 fully saturated rings. The molecule has 1 atom stereocenters. The molecule has 2 N–H and O–H groups in total. The molecule has 0 radical (unpaired) electrons. The maximum atomic E-state index is 5.64. The second-order valence-electron chi connectivity index (χ2n) is 6.87. The number of aliphatic imine (C=N–C) groups is 1. The second kappa shape index (κ2) is 14.2. The molecule has 26 heavy (non-hydrogen) atoms. The van der Waals surface area contributed by atoms with E-state index in [0.717, 1.165) is 32.1 Å². The van der Waals surface area contributed by atoms with Crippen molar-refractivity contribution in [2.45, 2.75) is 33.2 Å². The minimum absolute atomic E-state index is 0. The van der Waals surface area contributed by atoms with E-state index in [2.05, 4.69) is 55.5 Å². The highest BCUT2D eigenvalue weighted by molar-refractivity contribution is 14.0. The standard InChI is InChI=1S/C18H36N6O.HI/c1-7-19-18(20-9-11-25-10-8-15(2)3)21-13-17(23(4)5)16-12-22-24(6)14-16;/h12,14-15,17H,7-11,13H2,1-6H3,(H2,19,20,21);1H. The lowest BCUT2D eigenvalue weighted by molar-refractivity contribution is 0.128. The molecule has 0 amide bonds. The minimum Gasteiger partial charge on any atom is -0.380 e. The van der Waals surface area contributed by atoms with Crippen LogP contribution in [0.2, 0.25) is 0 Å². The molecule has 1 aromatic heterocycles. The molecule has 7 nitrogen and oxygen atoms in total. The van der Waals surface area contributed by atoms with Gasteiger partial charge in [-0.1, -0.05) is 13.8 Å². The van der Waals surface area contributed by atoms with Crippen molar-refractivity contribution >= 4 is 29.9 Å². The molecule has 0 aromatic carbocycles. The molecule has 0 aliphatic carbocycles. The minimum atomic E-state index is 0. The average Bonchev–Trinajstić information content (AvgIpc) is 2.96. The smallest absolute Gasteiger partial charge is 0.191 e. The Morgan fingerprint density at radius 2 is 2.04 bits per heavy atom. The summed E-state index contributed by atoms with van der Waals surface area (Å²) in [5.74, 6) is 1.51. The van der Waals surface area contributed by atoms with Gasteiger partial charge < -0.3 is 20.3 Å². The summed E-state index contributed by atoms with van der Waals surface area (Å²) in [6, 6.07) is 0.200. The lowest BCUT2D eigenvalue weighted by atomic mass is 10.1. The summed E-state index contributed by atoms with van der Waals surface area (Å²) >= 11 is 0. The van der Waals surface area contributed by atoms with Gasteiger partial charge in [0.15, 0.2) is 5.96 Å². The fourth-order valence-electron chi connectivity index (χ4n) is 2.36. The Kier molecular flexibility index (Phi) is 13.7. The Bertz CT molecular complexity index is 504. The summed E-state index contributed by atoms with van der Waals surface area (Å²) in [7, 11) is 6.07. The van der Waals surface area contributed by atoms with Crippen LogP contribution in [0.1, 0.15) is 38.8 Å². The van der Waals surface area contributed by atoms with Gasteiger partial charge in [-0.2, -0.15) is 5.10 Å².